The quantitative estimate of drug-likeness (QED) is 0.805. The molecule has 5 nitrogen and oxygen atoms in total. The van der Waals surface area contributed by atoms with Crippen LogP contribution in [0.25, 0.3) is 0 Å². The number of halogens is 2. The second-order valence-electron chi connectivity index (χ2n) is 5.50. The Morgan fingerprint density at radius 2 is 1.91 bits per heavy atom. The highest BCUT2D eigenvalue weighted by atomic mass is 35.5. The Morgan fingerprint density at radius 3 is 2.43 bits per heavy atom. The highest BCUT2D eigenvalue weighted by molar-refractivity contribution is 5.85. The Labute approximate surface area is 150 Å². The lowest BCUT2D eigenvalue weighted by atomic mass is 10.0. The van der Waals surface area contributed by atoms with Crippen LogP contribution in [0.5, 0.6) is 0 Å². The number of amides is 1. The van der Waals surface area contributed by atoms with E-state index in [1.54, 1.807) is 0 Å². The van der Waals surface area contributed by atoms with Crippen molar-refractivity contribution in [3.05, 3.63) is 35.9 Å². The fourth-order valence-electron chi connectivity index (χ4n) is 2.68. The number of rotatable bonds is 6. The van der Waals surface area contributed by atoms with E-state index in [0.717, 1.165) is 32.5 Å². The molecule has 1 aliphatic rings. The number of benzene rings is 1. The van der Waals surface area contributed by atoms with Crippen LogP contribution in [-0.4, -0.2) is 49.7 Å². The zero-order chi connectivity index (χ0) is 15.1. The van der Waals surface area contributed by atoms with Crippen LogP contribution in [-0.2, 0) is 16.1 Å². The van der Waals surface area contributed by atoms with Crippen LogP contribution in [0.2, 0.25) is 0 Å². The van der Waals surface area contributed by atoms with Gasteiger partial charge in [0.1, 0.15) is 6.10 Å². The number of hydrogen-bond acceptors (Lipinski definition) is 4. The fraction of sp³-hybridized carbons (Fsp3) is 0.562. The summed E-state index contributed by atoms with van der Waals surface area (Å²) in [5.74, 6) is -0.0958. The second kappa shape index (κ2) is 11.6. The Morgan fingerprint density at radius 1 is 1.30 bits per heavy atom. The molecule has 0 aliphatic carbocycles. The molecule has 0 aromatic heterocycles. The van der Waals surface area contributed by atoms with Crippen LogP contribution < -0.4 is 11.1 Å². The van der Waals surface area contributed by atoms with Gasteiger partial charge in [0.15, 0.2) is 0 Å². The van der Waals surface area contributed by atoms with Gasteiger partial charge < -0.3 is 15.8 Å². The van der Waals surface area contributed by atoms with Gasteiger partial charge in [0.25, 0.3) is 5.91 Å². The Hall–Kier alpha value is -0.850. The summed E-state index contributed by atoms with van der Waals surface area (Å²) in [6.45, 7) is 3.19. The fourth-order valence-corrected chi connectivity index (χ4v) is 2.68. The van der Waals surface area contributed by atoms with E-state index in [2.05, 4.69) is 34.5 Å². The third-order valence-corrected chi connectivity index (χ3v) is 3.97. The lowest BCUT2D eigenvalue weighted by molar-refractivity contribution is -0.131. The SMILES string of the molecule is COC(CN)C(=O)NC1CCN(Cc2ccccc2)CC1.Cl.Cl. The molecule has 1 aromatic rings. The molecule has 1 fully saturated rings. The second-order valence-corrected chi connectivity index (χ2v) is 5.50. The van der Waals surface area contributed by atoms with Gasteiger partial charge in [0, 0.05) is 39.3 Å². The van der Waals surface area contributed by atoms with Crippen LogP contribution in [0.4, 0.5) is 0 Å². The summed E-state index contributed by atoms with van der Waals surface area (Å²) >= 11 is 0. The molecule has 3 N–H and O–H groups in total. The monoisotopic (exact) mass is 363 g/mol. The van der Waals surface area contributed by atoms with Crippen LogP contribution in [0.1, 0.15) is 18.4 Å². The van der Waals surface area contributed by atoms with E-state index >= 15 is 0 Å². The minimum atomic E-state index is -0.535. The maximum absolute atomic E-state index is 11.9. The molecule has 23 heavy (non-hydrogen) atoms. The van der Waals surface area contributed by atoms with E-state index in [1.165, 1.54) is 12.7 Å². The van der Waals surface area contributed by atoms with Crippen molar-refractivity contribution in [1.82, 2.24) is 10.2 Å². The molecular formula is C16H27Cl2N3O2. The van der Waals surface area contributed by atoms with Crippen LogP contribution in [0, 0.1) is 0 Å². The molecule has 7 heteroatoms. The summed E-state index contributed by atoms with van der Waals surface area (Å²) < 4.78 is 5.06. The van der Waals surface area contributed by atoms with Crippen molar-refractivity contribution in [1.29, 1.82) is 0 Å². The van der Waals surface area contributed by atoms with E-state index in [0.29, 0.717) is 0 Å². The van der Waals surface area contributed by atoms with E-state index in [4.69, 9.17) is 10.5 Å². The average molecular weight is 364 g/mol. The third-order valence-electron chi connectivity index (χ3n) is 3.97. The van der Waals surface area contributed by atoms with Crippen molar-refractivity contribution < 1.29 is 9.53 Å². The largest absolute Gasteiger partial charge is 0.370 e. The third kappa shape index (κ3) is 7.06. The number of nitrogens with two attached hydrogens (primary N) is 1. The van der Waals surface area contributed by atoms with Gasteiger partial charge in [-0.15, -0.1) is 24.8 Å². The van der Waals surface area contributed by atoms with Gasteiger partial charge in [-0.3, -0.25) is 9.69 Å². The van der Waals surface area contributed by atoms with E-state index in [9.17, 15) is 4.79 Å². The van der Waals surface area contributed by atoms with Gasteiger partial charge in [0.2, 0.25) is 0 Å². The van der Waals surface area contributed by atoms with E-state index in [-0.39, 0.29) is 43.3 Å². The zero-order valence-corrected chi connectivity index (χ0v) is 15.1. The lowest BCUT2D eigenvalue weighted by Gasteiger charge is -2.32. The van der Waals surface area contributed by atoms with Gasteiger partial charge >= 0.3 is 0 Å². The predicted molar refractivity (Wildman–Crippen MR) is 97.2 cm³/mol. The first-order chi connectivity index (χ1) is 10.2. The van der Waals surface area contributed by atoms with Crippen molar-refractivity contribution in [3.8, 4) is 0 Å². The topological polar surface area (TPSA) is 67.6 Å². The molecule has 0 spiro atoms. The molecule has 1 heterocycles. The predicted octanol–water partition coefficient (Wildman–Crippen LogP) is 1.58. The minimum absolute atomic E-state index is 0. The number of methoxy groups -OCH3 is 1. The summed E-state index contributed by atoms with van der Waals surface area (Å²) in [6.07, 6.45) is 1.41. The average Bonchev–Trinajstić information content (AvgIpc) is 2.51. The zero-order valence-electron chi connectivity index (χ0n) is 13.4. The molecule has 0 saturated carbocycles. The highest BCUT2D eigenvalue weighted by Gasteiger charge is 2.23. The van der Waals surface area contributed by atoms with Crippen LogP contribution in [0.3, 0.4) is 0 Å². The van der Waals surface area contributed by atoms with Gasteiger partial charge in [-0.2, -0.15) is 0 Å². The first kappa shape index (κ1) is 22.1. The van der Waals surface area contributed by atoms with Gasteiger partial charge in [-0.05, 0) is 18.4 Å². The number of ether oxygens (including phenoxy) is 1. The number of carbonyl (C=O) groups excluding carboxylic acids is 1. The molecular weight excluding hydrogens is 337 g/mol. The number of piperidine rings is 1. The van der Waals surface area contributed by atoms with Crippen molar-refractivity contribution in [2.24, 2.45) is 5.73 Å². The van der Waals surface area contributed by atoms with Gasteiger partial charge in [-0.1, -0.05) is 30.3 Å². The highest BCUT2D eigenvalue weighted by Crippen LogP contribution is 2.14. The molecule has 1 atom stereocenters. The number of likely N-dealkylation sites (tertiary alicyclic amines) is 1. The molecule has 1 saturated heterocycles. The standard InChI is InChI=1S/C16H25N3O2.2ClH/c1-21-15(11-17)16(20)18-14-7-9-19(10-8-14)12-13-5-3-2-4-6-13;;/h2-6,14-15H,7-12,17H2,1H3,(H,18,20);2*1H. The smallest absolute Gasteiger partial charge is 0.250 e. The number of nitrogens with one attached hydrogen (secondary N) is 1. The van der Waals surface area contributed by atoms with Crippen molar-refractivity contribution in [2.75, 3.05) is 26.7 Å². The first-order valence-electron chi connectivity index (χ1n) is 7.52. The van der Waals surface area contributed by atoms with E-state index in [1.807, 2.05) is 6.07 Å². The molecule has 1 amide bonds. The summed E-state index contributed by atoms with van der Waals surface area (Å²) in [5.41, 5.74) is 6.84. The van der Waals surface area contributed by atoms with Crippen LogP contribution >= 0.6 is 24.8 Å². The van der Waals surface area contributed by atoms with Crippen molar-refractivity contribution in [2.45, 2.75) is 31.5 Å². The summed E-state index contributed by atoms with van der Waals surface area (Å²) in [7, 11) is 1.51. The number of hydrogen-bond donors (Lipinski definition) is 2. The van der Waals surface area contributed by atoms with E-state index < -0.39 is 6.10 Å². The Kier molecular flexibility index (Phi) is 11.2. The molecule has 0 bridgehead atoms. The summed E-state index contributed by atoms with van der Waals surface area (Å²) in [5, 5.41) is 3.03. The van der Waals surface area contributed by atoms with Gasteiger partial charge in [0.05, 0.1) is 0 Å². The van der Waals surface area contributed by atoms with Crippen molar-refractivity contribution in [3.63, 3.8) is 0 Å². The maximum Gasteiger partial charge on any atom is 0.250 e. The molecule has 132 valence electrons. The number of nitrogens with zero attached hydrogens (tertiary/aromatic N) is 1. The van der Waals surface area contributed by atoms with Crippen molar-refractivity contribution >= 4 is 30.7 Å². The van der Waals surface area contributed by atoms with Crippen LogP contribution in [0.15, 0.2) is 30.3 Å². The molecule has 1 aromatic carbocycles. The Bertz CT molecular complexity index is 436. The molecule has 1 unspecified atom stereocenters. The maximum atomic E-state index is 11.9. The molecule has 0 radical (unpaired) electrons. The molecule has 2 rings (SSSR count). The number of carbonyl (C=O) groups is 1. The molecule has 1 aliphatic heterocycles. The minimum Gasteiger partial charge on any atom is -0.370 e. The first-order valence-corrected chi connectivity index (χ1v) is 7.52. The summed E-state index contributed by atoms with van der Waals surface area (Å²) in [6, 6.07) is 10.7. The normalized spacial score (nSPS) is 16.8. The Balaban J connectivity index is 0.00000242. The summed E-state index contributed by atoms with van der Waals surface area (Å²) in [4.78, 5) is 14.3. The lowest BCUT2D eigenvalue weighted by Crippen LogP contribution is -2.49. The van der Waals surface area contributed by atoms with Gasteiger partial charge in [-0.25, -0.2) is 0 Å².